The number of benzene rings is 4. The van der Waals surface area contributed by atoms with Crippen LogP contribution in [0.3, 0.4) is 0 Å². The number of anilines is 1. The van der Waals surface area contributed by atoms with Gasteiger partial charge in [0.1, 0.15) is 0 Å². The molecule has 0 heterocycles. The highest BCUT2D eigenvalue weighted by atomic mass is 14.9. The van der Waals surface area contributed by atoms with E-state index in [0.717, 1.165) is 13.0 Å². The lowest BCUT2D eigenvalue weighted by atomic mass is 9.94. The van der Waals surface area contributed by atoms with Crippen molar-refractivity contribution in [1.29, 1.82) is 0 Å². The third-order valence-electron chi connectivity index (χ3n) is 5.33. The van der Waals surface area contributed by atoms with Gasteiger partial charge in [0.25, 0.3) is 0 Å². The van der Waals surface area contributed by atoms with Gasteiger partial charge in [-0.1, -0.05) is 85.6 Å². The molecule has 1 nitrogen and oxygen atoms in total. The van der Waals surface area contributed by atoms with Crippen molar-refractivity contribution in [3.63, 3.8) is 0 Å². The molecule has 0 saturated heterocycles. The van der Waals surface area contributed by atoms with Crippen molar-refractivity contribution in [2.24, 2.45) is 0 Å². The van der Waals surface area contributed by atoms with E-state index in [-0.39, 0.29) is 0 Å². The van der Waals surface area contributed by atoms with Crippen molar-refractivity contribution < 1.29 is 0 Å². The summed E-state index contributed by atoms with van der Waals surface area (Å²) in [5, 5.41) is 9.03. The quantitative estimate of drug-likeness (QED) is 0.261. The van der Waals surface area contributed by atoms with E-state index in [4.69, 9.17) is 0 Å². The monoisotopic (exact) mass is 353 g/mol. The van der Waals surface area contributed by atoms with E-state index in [1.165, 1.54) is 58.5 Å². The van der Waals surface area contributed by atoms with Gasteiger partial charge >= 0.3 is 0 Å². The smallest absolute Gasteiger partial charge is 0.0340 e. The van der Waals surface area contributed by atoms with Crippen LogP contribution in [0, 0.1) is 0 Å². The first-order chi connectivity index (χ1) is 13.4. The highest BCUT2D eigenvalue weighted by Crippen LogP contribution is 2.29. The van der Waals surface area contributed by atoms with E-state index in [0.29, 0.717) is 0 Å². The van der Waals surface area contributed by atoms with E-state index in [1.54, 1.807) is 0 Å². The highest BCUT2D eigenvalue weighted by molar-refractivity contribution is 6.08. The standard InChI is InChI=1S/C26H27N/c1(2-11-19-27-23-14-5-3-6-15-23)4-12-21-20-22-13-7-8-16-24(22)26-18-10-9-17-25(21)26/h3,5-10,13-18,20,27H,1-2,4,11-12,19H2. The number of rotatable bonds is 8. The van der Waals surface area contributed by atoms with Gasteiger partial charge < -0.3 is 5.32 Å². The van der Waals surface area contributed by atoms with E-state index in [9.17, 15) is 0 Å². The Labute approximate surface area is 162 Å². The topological polar surface area (TPSA) is 12.0 Å². The molecule has 0 unspecified atom stereocenters. The Balaban J connectivity index is 1.32. The van der Waals surface area contributed by atoms with Crippen LogP contribution in [0.1, 0.15) is 31.2 Å². The average Bonchev–Trinajstić information content (AvgIpc) is 2.74. The molecule has 4 aromatic rings. The second kappa shape index (κ2) is 8.73. The molecule has 0 bridgehead atoms. The predicted molar refractivity (Wildman–Crippen MR) is 119 cm³/mol. The lowest BCUT2D eigenvalue weighted by molar-refractivity contribution is 0.656. The molecule has 4 rings (SSSR count). The summed E-state index contributed by atoms with van der Waals surface area (Å²) in [6.07, 6.45) is 6.22. The number of hydrogen-bond acceptors (Lipinski definition) is 1. The molecular weight excluding hydrogens is 326 g/mol. The maximum absolute atomic E-state index is 3.50. The SMILES string of the molecule is c1ccc(NCCCCCCc2cc3ccccc3c3ccccc23)cc1. The number of aryl methyl sites for hydroxylation is 1. The number of unbranched alkanes of at least 4 members (excludes halogenated alkanes) is 3. The van der Waals surface area contributed by atoms with Crippen LogP contribution >= 0.6 is 0 Å². The average molecular weight is 354 g/mol. The van der Waals surface area contributed by atoms with Crippen molar-refractivity contribution in [3.8, 4) is 0 Å². The maximum atomic E-state index is 3.50. The largest absolute Gasteiger partial charge is 0.385 e. The Morgan fingerprint density at radius 2 is 1.22 bits per heavy atom. The Morgan fingerprint density at radius 3 is 2.07 bits per heavy atom. The second-order valence-corrected chi connectivity index (χ2v) is 7.26. The van der Waals surface area contributed by atoms with Gasteiger partial charge in [0.05, 0.1) is 0 Å². The third-order valence-corrected chi connectivity index (χ3v) is 5.33. The molecule has 0 radical (unpaired) electrons. The fourth-order valence-electron chi connectivity index (χ4n) is 3.92. The molecule has 0 amide bonds. The van der Waals surface area contributed by atoms with Crippen LogP contribution in [0.5, 0.6) is 0 Å². The van der Waals surface area contributed by atoms with Gasteiger partial charge in [-0.05, 0) is 58.5 Å². The summed E-state index contributed by atoms with van der Waals surface area (Å²) in [6.45, 7) is 1.06. The molecule has 0 aliphatic rings. The molecule has 1 N–H and O–H groups in total. The van der Waals surface area contributed by atoms with Gasteiger partial charge in [0.2, 0.25) is 0 Å². The molecule has 4 aromatic carbocycles. The second-order valence-electron chi connectivity index (χ2n) is 7.26. The van der Waals surface area contributed by atoms with E-state index in [1.807, 2.05) is 0 Å². The summed E-state index contributed by atoms with van der Waals surface area (Å²) in [5.74, 6) is 0. The van der Waals surface area contributed by atoms with Gasteiger partial charge in [-0.15, -0.1) is 0 Å². The molecule has 0 spiro atoms. The molecule has 0 atom stereocenters. The van der Waals surface area contributed by atoms with Crippen LogP contribution in [0.15, 0.2) is 84.9 Å². The zero-order valence-corrected chi connectivity index (χ0v) is 15.8. The molecule has 136 valence electrons. The lowest BCUT2D eigenvalue weighted by Gasteiger charge is -2.11. The fourth-order valence-corrected chi connectivity index (χ4v) is 3.92. The highest BCUT2D eigenvalue weighted by Gasteiger charge is 2.05. The molecule has 0 aliphatic heterocycles. The molecule has 1 heteroatoms. The third kappa shape index (κ3) is 4.31. The van der Waals surface area contributed by atoms with Crippen LogP contribution < -0.4 is 5.32 Å². The minimum Gasteiger partial charge on any atom is -0.385 e. The van der Waals surface area contributed by atoms with Crippen LogP contribution in [-0.4, -0.2) is 6.54 Å². The summed E-state index contributed by atoms with van der Waals surface area (Å²) in [7, 11) is 0. The van der Waals surface area contributed by atoms with Gasteiger partial charge in [-0.2, -0.15) is 0 Å². The van der Waals surface area contributed by atoms with Crippen molar-refractivity contribution >= 4 is 27.2 Å². The first-order valence-corrected chi connectivity index (χ1v) is 10.1. The minimum atomic E-state index is 1.06. The number of para-hydroxylation sites is 1. The Kier molecular flexibility index (Phi) is 5.69. The van der Waals surface area contributed by atoms with E-state index < -0.39 is 0 Å². The van der Waals surface area contributed by atoms with Gasteiger partial charge in [-0.3, -0.25) is 0 Å². The summed E-state index contributed by atoms with van der Waals surface area (Å²) in [4.78, 5) is 0. The van der Waals surface area contributed by atoms with Crippen LogP contribution in [0.2, 0.25) is 0 Å². The van der Waals surface area contributed by atoms with E-state index in [2.05, 4.69) is 90.2 Å². The predicted octanol–water partition coefficient (Wildman–Crippen LogP) is 7.21. The Bertz CT molecular complexity index is 1000. The first kappa shape index (κ1) is 17.6. The number of nitrogens with one attached hydrogen (secondary N) is 1. The van der Waals surface area contributed by atoms with Crippen LogP contribution in [0.25, 0.3) is 21.5 Å². The maximum Gasteiger partial charge on any atom is 0.0340 e. The lowest BCUT2D eigenvalue weighted by Crippen LogP contribution is -2.01. The van der Waals surface area contributed by atoms with Gasteiger partial charge in [0, 0.05) is 12.2 Å². The molecule has 0 aliphatic carbocycles. The number of fused-ring (bicyclic) bond motifs is 3. The molecular formula is C26H27N. The molecule has 0 aromatic heterocycles. The zero-order chi connectivity index (χ0) is 18.3. The van der Waals surface area contributed by atoms with Crippen molar-refractivity contribution in [2.45, 2.75) is 32.1 Å². The molecule has 0 saturated carbocycles. The Hall–Kier alpha value is -2.80. The summed E-state index contributed by atoms with van der Waals surface area (Å²) < 4.78 is 0. The number of hydrogen-bond donors (Lipinski definition) is 1. The van der Waals surface area contributed by atoms with Crippen LogP contribution in [-0.2, 0) is 6.42 Å². The van der Waals surface area contributed by atoms with E-state index >= 15 is 0 Å². The summed E-state index contributed by atoms with van der Waals surface area (Å²) in [6, 6.07) is 30.5. The molecule has 27 heavy (non-hydrogen) atoms. The summed E-state index contributed by atoms with van der Waals surface area (Å²) >= 11 is 0. The van der Waals surface area contributed by atoms with Gasteiger partial charge in [-0.25, -0.2) is 0 Å². The fraction of sp³-hybridized carbons (Fsp3) is 0.231. The van der Waals surface area contributed by atoms with Crippen molar-refractivity contribution in [2.75, 3.05) is 11.9 Å². The minimum absolute atomic E-state index is 1.06. The van der Waals surface area contributed by atoms with Crippen molar-refractivity contribution in [3.05, 3.63) is 90.5 Å². The van der Waals surface area contributed by atoms with Crippen LogP contribution in [0.4, 0.5) is 5.69 Å². The zero-order valence-electron chi connectivity index (χ0n) is 15.8. The van der Waals surface area contributed by atoms with Gasteiger partial charge in [0.15, 0.2) is 0 Å². The Morgan fingerprint density at radius 1 is 0.556 bits per heavy atom. The normalized spacial score (nSPS) is 11.1. The molecule has 0 fully saturated rings. The summed E-state index contributed by atoms with van der Waals surface area (Å²) in [5.41, 5.74) is 2.71. The van der Waals surface area contributed by atoms with Crippen molar-refractivity contribution in [1.82, 2.24) is 0 Å². The first-order valence-electron chi connectivity index (χ1n) is 10.1.